The molecule has 3 rings (SSSR count). The first-order chi connectivity index (χ1) is 11.9. The summed E-state index contributed by atoms with van der Waals surface area (Å²) in [5.74, 6) is -0.251. The van der Waals surface area contributed by atoms with Crippen LogP contribution in [-0.4, -0.2) is 80.3 Å². The van der Waals surface area contributed by atoms with E-state index in [2.05, 4.69) is 21.2 Å². The molecule has 0 saturated carbocycles. The molecule has 1 aromatic rings. The number of amides is 3. The zero-order chi connectivity index (χ0) is 18.0. The van der Waals surface area contributed by atoms with Gasteiger partial charge in [0.1, 0.15) is 0 Å². The highest BCUT2D eigenvalue weighted by Gasteiger charge is 2.31. The molecule has 2 fully saturated rings. The first kappa shape index (κ1) is 18.3. The van der Waals surface area contributed by atoms with Gasteiger partial charge in [-0.3, -0.25) is 14.6 Å². The Balaban J connectivity index is 1.57. The predicted molar refractivity (Wildman–Crippen MR) is 94.5 cm³/mol. The minimum Gasteiger partial charge on any atom is -0.336 e. The van der Waals surface area contributed by atoms with Crippen LogP contribution in [0.3, 0.4) is 0 Å². The van der Waals surface area contributed by atoms with Crippen molar-refractivity contribution >= 4 is 37.9 Å². The molecule has 3 amide bonds. The molecule has 10 heteroatoms. The first-order valence-corrected chi connectivity index (χ1v) is 10.2. The number of carbonyl (C=O) groups is 2. The molecule has 1 N–H and O–H groups in total. The van der Waals surface area contributed by atoms with E-state index >= 15 is 0 Å². The molecule has 1 aromatic carbocycles. The fraction of sp³-hybridized carbons (Fsp3) is 0.467. The molecule has 2 heterocycles. The van der Waals surface area contributed by atoms with Crippen LogP contribution in [0.2, 0.25) is 0 Å². The molecule has 0 radical (unpaired) electrons. The number of carbonyl (C=O) groups excluding carboxylic acids is 2. The van der Waals surface area contributed by atoms with E-state index < -0.39 is 10.0 Å². The highest BCUT2D eigenvalue weighted by Crippen LogP contribution is 2.20. The van der Waals surface area contributed by atoms with Crippen molar-refractivity contribution in [2.75, 3.05) is 45.8 Å². The minimum absolute atomic E-state index is 0.125. The monoisotopic (exact) mass is 430 g/mol. The zero-order valence-electron chi connectivity index (χ0n) is 13.5. The third-order valence-corrected chi connectivity index (χ3v) is 6.74. The quantitative estimate of drug-likeness (QED) is 0.741. The smallest absolute Gasteiger partial charge is 0.324 e. The SMILES string of the molecule is O=C(CN1CCN(S(=O)(=O)c2ccc(Br)cc2)CC1)N1CCNC1=O. The van der Waals surface area contributed by atoms with Gasteiger partial charge in [-0.05, 0) is 24.3 Å². The molecule has 0 aromatic heterocycles. The summed E-state index contributed by atoms with van der Waals surface area (Å²) in [7, 11) is -3.53. The Kier molecular flexibility index (Phi) is 5.42. The Morgan fingerprint density at radius 3 is 2.28 bits per heavy atom. The molecule has 2 aliphatic rings. The van der Waals surface area contributed by atoms with Crippen molar-refractivity contribution in [2.24, 2.45) is 0 Å². The largest absolute Gasteiger partial charge is 0.336 e. The van der Waals surface area contributed by atoms with Gasteiger partial charge >= 0.3 is 6.03 Å². The highest BCUT2D eigenvalue weighted by atomic mass is 79.9. The van der Waals surface area contributed by atoms with Gasteiger partial charge in [0, 0.05) is 43.7 Å². The van der Waals surface area contributed by atoms with E-state index in [0.717, 1.165) is 4.47 Å². The van der Waals surface area contributed by atoms with E-state index in [1.165, 1.54) is 9.21 Å². The molecular weight excluding hydrogens is 412 g/mol. The van der Waals surface area contributed by atoms with Crippen molar-refractivity contribution < 1.29 is 18.0 Å². The molecule has 8 nitrogen and oxygen atoms in total. The standard InChI is InChI=1S/C15H19BrN4O4S/c16-12-1-3-13(4-2-12)25(23,24)19-9-7-18(8-10-19)11-14(21)20-6-5-17-15(20)22/h1-4H,5-11H2,(H,17,22). The van der Waals surface area contributed by atoms with E-state index in [1.54, 1.807) is 24.3 Å². The summed E-state index contributed by atoms with van der Waals surface area (Å²) in [6, 6.07) is 6.18. The fourth-order valence-electron chi connectivity index (χ4n) is 2.87. The van der Waals surface area contributed by atoms with Crippen molar-refractivity contribution in [2.45, 2.75) is 4.90 Å². The van der Waals surface area contributed by atoms with E-state index in [1.807, 2.05) is 4.90 Å². The highest BCUT2D eigenvalue weighted by molar-refractivity contribution is 9.10. The van der Waals surface area contributed by atoms with Gasteiger partial charge in [0.25, 0.3) is 0 Å². The number of hydrogen-bond donors (Lipinski definition) is 1. The normalized spacial score (nSPS) is 19.9. The van der Waals surface area contributed by atoms with Crippen LogP contribution in [0.1, 0.15) is 0 Å². The Labute approximate surface area is 154 Å². The number of hydrogen-bond acceptors (Lipinski definition) is 5. The summed E-state index contributed by atoms with van der Waals surface area (Å²) in [6.07, 6.45) is 0. The van der Waals surface area contributed by atoms with E-state index in [9.17, 15) is 18.0 Å². The second kappa shape index (κ2) is 7.40. The number of benzene rings is 1. The van der Waals surface area contributed by atoms with Crippen LogP contribution >= 0.6 is 15.9 Å². The Morgan fingerprint density at radius 2 is 1.72 bits per heavy atom. The minimum atomic E-state index is -3.53. The molecule has 0 atom stereocenters. The number of sulfonamides is 1. The van der Waals surface area contributed by atoms with Crippen LogP contribution in [0, 0.1) is 0 Å². The Bertz CT molecular complexity index is 760. The number of imide groups is 1. The van der Waals surface area contributed by atoms with Crippen molar-refractivity contribution in [3.8, 4) is 0 Å². The lowest BCUT2D eigenvalue weighted by molar-refractivity contribution is -0.129. The fourth-order valence-corrected chi connectivity index (χ4v) is 4.56. The lowest BCUT2D eigenvalue weighted by atomic mass is 10.3. The van der Waals surface area contributed by atoms with Gasteiger partial charge in [-0.25, -0.2) is 13.2 Å². The molecule has 0 unspecified atom stereocenters. The maximum Gasteiger partial charge on any atom is 0.324 e. The molecule has 136 valence electrons. The number of urea groups is 1. The van der Waals surface area contributed by atoms with Crippen LogP contribution in [0.25, 0.3) is 0 Å². The molecule has 0 spiro atoms. The lowest BCUT2D eigenvalue weighted by Gasteiger charge is -2.34. The van der Waals surface area contributed by atoms with Crippen molar-refractivity contribution in [1.29, 1.82) is 0 Å². The summed E-state index contributed by atoms with van der Waals surface area (Å²) in [5.41, 5.74) is 0. The summed E-state index contributed by atoms with van der Waals surface area (Å²) >= 11 is 3.29. The second-order valence-electron chi connectivity index (χ2n) is 5.91. The van der Waals surface area contributed by atoms with Crippen LogP contribution in [0.15, 0.2) is 33.6 Å². The zero-order valence-corrected chi connectivity index (χ0v) is 15.9. The number of rotatable bonds is 4. The van der Waals surface area contributed by atoms with Crippen molar-refractivity contribution in [1.82, 2.24) is 19.4 Å². The summed E-state index contributed by atoms with van der Waals surface area (Å²) in [6.45, 7) is 2.53. The van der Waals surface area contributed by atoms with E-state index in [-0.39, 0.29) is 23.4 Å². The molecule has 25 heavy (non-hydrogen) atoms. The van der Waals surface area contributed by atoms with E-state index in [0.29, 0.717) is 39.3 Å². The van der Waals surface area contributed by atoms with Crippen LogP contribution in [-0.2, 0) is 14.8 Å². The molecule has 0 aliphatic carbocycles. The summed E-state index contributed by atoms with van der Waals surface area (Å²) in [5, 5.41) is 2.59. The average Bonchev–Trinajstić information content (AvgIpc) is 3.02. The maximum atomic E-state index is 12.6. The number of nitrogens with zero attached hydrogens (tertiary/aromatic N) is 3. The Hall–Kier alpha value is -1.49. The van der Waals surface area contributed by atoms with Gasteiger partial charge in [0.15, 0.2) is 0 Å². The predicted octanol–water partition coefficient (Wildman–Crippen LogP) is 0.307. The van der Waals surface area contributed by atoms with Gasteiger partial charge in [-0.15, -0.1) is 0 Å². The number of piperazine rings is 1. The first-order valence-electron chi connectivity index (χ1n) is 7.94. The Morgan fingerprint density at radius 1 is 1.08 bits per heavy atom. The summed E-state index contributed by atoms with van der Waals surface area (Å²) < 4.78 is 27.5. The number of nitrogens with one attached hydrogen (secondary N) is 1. The van der Waals surface area contributed by atoms with Crippen LogP contribution in [0.4, 0.5) is 4.79 Å². The van der Waals surface area contributed by atoms with Crippen LogP contribution < -0.4 is 5.32 Å². The third kappa shape index (κ3) is 4.02. The third-order valence-electron chi connectivity index (χ3n) is 4.30. The van der Waals surface area contributed by atoms with Crippen molar-refractivity contribution in [3.63, 3.8) is 0 Å². The van der Waals surface area contributed by atoms with Gasteiger partial charge in [-0.1, -0.05) is 15.9 Å². The maximum absolute atomic E-state index is 12.6. The molecule has 2 aliphatic heterocycles. The van der Waals surface area contributed by atoms with Gasteiger partial charge < -0.3 is 5.32 Å². The molecule has 0 bridgehead atoms. The summed E-state index contributed by atoms with van der Waals surface area (Å²) in [4.78, 5) is 27.0. The van der Waals surface area contributed by atoms with Crippen molar-refractivity contribution in [3.05, 3.63) is 28.7 Å². The average molecular weight is 431 g/mol. The molecular formula is C15H19BrN4O4S. The molecule has 2 saturated heterocycles. The lowest BCUT2D eigenvalue weighted by Crippen LogP contribution is -2.51. The van der Waals surface area contributed by atoms with Crippen LogP contribution in [0.5, 0.6) is 0 Å². The second-order valence-corrected chi connectivity index (χ2v) is 8.77. The topological polar surface area (TPSA) is 90.0 Å². The number of halogens is 1. The van der Waals surface area contributed by atoms with Gasteiger partial charge in [0.05, 0.1) is 11.4 Å². The van der Waals surface area contributed by atoms with Gasteiger partial charge in [0.2, 0.25) is 15.9 Å². The van der Waals surface area contributed by atoms with E-state index in [4.69, 9.17) is 0 Å². The van der Waals surface area contributed by atoms with Gasteiger partial charge in [-0.2, -0.15) is 4.31 Å².